The first-order valence-corrected chi connectivity index (χ1v) is 11.2. The van der Waals surface area contributed by atoms with Gasteiger partial charge in [-0.3, -0.25) is 4.98 Å². The first-order valence-electron chi connectivity index (χ1n) is 11.2. The number of aliphatic imine (C=N–C) groups is 1. The van der Waals surface area contributed by atoms with E-state index in [1.165, 1.54) is 11.1 Å². The number of nitrogens with one attached hydrogen (secondary N) is 2. The number of ether oxygens (including phenoxy) is 2. The topological polar surface area (TPSA) is 67.8 Å². The molecule has 0 spiro atoms. The summed E-state index contributed by atoms with van der Waals surface area (Å²) in [5.41, 5.74) is 5.54. The molecule has 2 aromatic rings. The van der Waals surface area contributed by atoms with Crippen molar-refractivity contribution in [2.75, 3.05) is 26.8 Å². The first-order chi connectivity index (χ1) is 15.0. The number of hydrogen-bond acceptors (Lipinski definition) is 4. The van der Waals surface area contributed by atoms with Crippen molar-refractivity contribution in [2.45, 2.75) is 53.2 Å². The van der Waals surface area contributed by atoms with Crippen molar-refractivity contribution in [3.8, 4) is 5.75 Å². The van der Waals surface area contributed by atoms with Crippen LogP contribution in [0.5, 0.6) is 5.75 Å². The predicted octanol–water partition coefficient (Wildman–Crippen LogP) is 4.24. The Bertz CT molecular complexity index is 880. The van der Waals surface area contributed by atoms with Crippen molar-refractivity contribution in [1.29, 1.82) is 0 Å². The Hall–Kier alpha value is -2.60. The van der Waals surface area contributed by atoms with E-state index in [9.17, 15) is 0 Å². The quantitative estimate of drug-likeness (QED) is 0.514. The molecule has 2 N–H and O–H groups in total. The lowest BCUT2D eigenvalue weighted by Gasteiger charge is -2.32. The van der Waals surface area contributed by atoms with Gasteiger partial charge in [0.2, 0.25) is 0 Å². The molecular weight excluding hydrogens is 388 g/mol. The summed E-state index contributed by atoms with van der Waals surface area (Å²) >= 11 is 0. The van der Waals surface area contributed by atoms with E-state index < -0.39 is 0 Å². The Labute approximate surface area is 186 Å². The number of nitrogens with zero attached hydrogens (tertiary/aromatic N) is 2. The molecule has 3 rings (SSSR count). The van der Waals surface area contributed by atoms with Crippen molar-refractivity contribution in [3.63, 3.8) is 0 Å². The molecule has 2 heterocycles. The first kappa shape index (κ1) is 23.1. The predicted molar refractivity (Wildman–Crippen MR) is 126 cm³/mol. The lowest BCUT2D eigenvalue weighted by Crippen LogP contribution is -2.42. The molecule has 168 valence electrons. The van der Waals surface area contributed by atoms with Gasteiger partial charge in [0, 0.05) is 42.9 Å². The minimum absolute atomic E-state index is 0.120. The van der Waals surface area contributed by atoms with Crippen LogP contribution in [0.2, 0.25) is 0 Å². The highest BCUT2D eigenvalue weighted by molar-refractivity contribution is 5.79. The van der Waals surface area contributed by atoms with Gasteiger partial charge in [-0.2, -0.15) is 0 Å². The molecule has 6 nitrogen and oxygen atoms in total. The van der Waals surface area contributed by atoms with E-state index in [0.717, 1.165) is 61.1 Å². The number of hydrogen-bond donors (Lipinski definition) is 2. The van der Waals surface area contributed by atoms with Crippen LogP contribution in [0.3, 0.4) is 0 Å². The molecule has 0 bridgehead atoms. The van der Waals surface area contributed by atoms with E-state index in [1.54, 1.807) is 7.11 Å². The fourth-order valence-corrected chi connectivity index (χ4v) is 4.13. The Morgan fingerprint density at radius 2 is 1.97 bits per heavy atom. The van der Waals surface area contributed by atoms with Crippen LogP contribution in [-0.2, 0) is 11.3 Å². The van der Waals surface area contributed by atoms with Crippen LogP contribution < -0.4 is 15.4 Å². The van der Waals surface area contributed by atoms with Gasteiger partial charge in [0.05, 0.1) is 25.5 Å². The summed E-state index contributed by atoms with van der Waals surface area (Å²) in [6.07, 6.45) is 4.20. The van der Waals surface area contributed by atoms with E-state index in [1.807, 2.05) is 20.0 Å². The third-order valence-corrected chi connectivity index (χ3v) is 5.86. The molecule has 0 amide bonds. The van der Waals surface area contributed by atoms with Crippen LogP contribution >= 0.6 is 0 Å². The summed E-state index contributed by atoms with van der Waals surface area (Å²) < 4.78 is 11.7. The molecule has 1 aliphatic rings. The summed E-state index contributed by atoms with van der Waals surface area (Å²) in [5, 5.41) is 6.88. The number of guanidine groups is 1. The summed E-state index contributed by atoms with van der Waals surface area (Å²) in [7, 11) is 1.70. The zero-order valence-corrected chi connectivity index (χ0v) is 19.5. The summed E-state index contributed by atoms with van der Waals surface area (Å²) in [5.74, 6) is 2.09. The number of rotatable bonds is 7. The molecule has 1 aromatic carbocycles. The standard InChI is InChI=1S/C25H36N4O2/c1-6-26-25(29-16-22-19(4)23(30-5)18(3)14-27-22)28-15-21-8-7-13-31-24(21)20-11-9-17(2)10-12-20/h9-12,14,21,24H,6-8,13,15-16H2,1-5H3,(H2,26,28,29). The second-order valence-electron chi connectivity index (χ2n) is 8.23. The molecule has 1 aliphatic heterocycles. The zero-order chi connectivity index (χ0) is 22.2. The maximum absolute atomic E-state index is 6.17. The highest BCUT2D eigenvalue weighted by Crippen LogP contribution is 2.33. The third kappa shape index (κ3) is 5.97. The van der Waals surface area contributed by atoms with E-state index in [4.69, 9.17) is 14.5 Å². The van der Waals surface area contributed by atoms with Gasteiger partial charge in [0.25, 0.3) is 0 Å². The lowest BCUT2D eigenvalue weighted by molar-refractivity contribution is -0.0265. The maximum Gasteiger partial charge on any atom is 0.191 e. The average molecular weight is 425 g/mol. The van der Waals surface area contributed by atoms with Crippen LogP contribution in [0.4, 0.5) is 0 Å². The number of pyridine rings is 1. The molecule has 6 heteroatoms. The minimum Gasteiger partial charge on any atom is -0.496 e. The van der Waals surface area contributed by atoms with Gasteiger partial charge in [-0.1, -0.05) is 29.8 Å². The zero-order valence-electron chi connectivity index (χ0n) is 19.5. The maximum atomic E-state index is 6.17. The lowest BCUT2D eigenvalue weighted by atomic mass is 9.89. The average Bonchev–Trinajstić information content (AvgIpc) is 2.78. The fraction of sp³-hybridized carbons (Fsp3) is 0.520. The molecule has 1 saturated heterocycles. The van der Waals surface area contributed by atoms with Gasteiger partial charge in [-0.25, -0.2) is 4.99 Å². The molecule has 0 aliphatic carbocycles. The summed E-state index contributed by atoms with van der Waals surface area (Å²) in [4.78, 5) is 9.34. The van der Waals surface area contributed by atoms with Crippen molar-refractivity contribution in [3.05, 3.63) is 58.4 Å². The summed E-state index contributed by atoms with van der Waals surface area (Å²) in [6.45, 7) is 11.2. The van der Waals surface area contributed by atoms with Gasteiger partial charge in [0.1, 0.15) is 5.75 Å². The molecular formula is C25H36N4O2. The van der Waals surface area contributed by atoms with E-state index in [2.05, 4.69) is 53.7 Å². The normalized spacial score (nSPS) is 19.2. The van der Waals surface area contributed by atoms with Crippen molar-refractivity contribution >= 4 is 5.96 Å². The number of benzene rings is 1. The second kappa shape index (κ2) is 11.1. The number of aromatic nitrogens is 1. The Morgan fingerprint density at radius 1 is 1.19 bits per heavy atom. The highest BCUT2D eigenvalue weighted by atomic mass is 16.5. The summed E-state index contributed by atoms with van der Waals surface area (Å²) in [6, 6.07) is 8.71. The molecule has 1 fully saturated rings. The Balaban J connectivity index is 1.68. The van der Waals surface area contributed by atoms with Crippen molar-refractivity contribution < 1.29 is 9.47 Å². The number of aryl methyl sites for hydroxylation is 2. The van der Waals surface area contributed by atoms with E-state index >= 15 is 0 Å². The van der Waals surface area contributed by atoms with Crippen LogP contribution in [-0.4, -0.2) is 37.7 Å². The van der Waals surface area contributed by atoms with Gasteiger partial charge < -0.3 is 20.1 Å². The molecule has 0 radical (unpaired) electrons. The second-order valence-corrected chi connectivity index (χ2v) is 8.23. The van der Waals surface area contributed by atoms with Crippen LogP contribution in [0.25, 0.3) is 0 Å². The Kier molecular flexibility index (Phi) is 8.29. The number of methoxy groups -OCH3 is 1. The Morgan fingerprint density at radius 3 is 2.68 bits per heavy atom. The van der Waals surface area contributed by atoms with Crippen molar-refractivity contribution in [2.24, 2.45) is 10.9 Å². The van der Waals surface area contributed by atoms with E-state index in [0.29, 0.717) is 12.5 Å². The van der Waals surface area contributed by atoms with Crippen molar-refractivity contribution in [1.82, 2.24) is 15.6 Å². The highest BCUT2D eigenvalue weighted by Gasteiger charge is 2.27. The molecule has 2 unspecified atom stereocenters. The van der Waals surface area contributed by atoms with Crippen LogP contribution in [0.1, 0.15) is 53.8 Å². The largest absolute Gasteiger partial charge is 0.496 e. The molecule has 2 atom stereocenters. The van der Waals surface area contributed by atoms with Gasteiger partial charge in [-0.15, -0.1) is 0 Å². The fourth-order valence-electron chi connectivity index (χ4n) is 4.13. The van der Waals surface area contributed by atoms with Gasteiger partial charge in [-0.05, 0) is 46.1 Å². The van der Waals surface area contributed by atoms with E-state index in [-0.39, 0.29) is 6.10 Å². The van der Waals surface area contributed by atoms with Gasteiger partial charge in [0.15, 0.2) is 5.96 Å². The molecule has 0 saturated carbocycles. The monoisotopic (exact) mass is 424 g/mol. The SMILES string of the molecule is CCNC(=NCc1ncc(C)c(OC)c1C)NCC1CCCOC1c1ccc(C)cc1. The van der Waals surface area contributed by atoms with Gasteiger partial charge >= 0.3 is 0 Å². The smallest absolute Gasteiger partial charge is 0.191 e. The third-order valence-electron chi connectivity index (χ3n) is 5.86. The molecule has 31 heavy (non-hydrogen) atoms. The van der Waals surface area contributed by atoms with Crippen LogP contribution in [0, 0.1) is 26.7 Å². The minimum atomic E-state index is 0.120. The van der Waals surface area contributed by atoms with Crippen LogP contribution in [0.15, 0.2) is 35.5 Å². The molecule has 1 aromatic heterocycles.